The van der Waals surface area contributed by atoms with E-state index in [1.165, 1.54) is 31.5 Å². The van der Waals surface area contributed by atoms with Crippen molar-refractivity contribution in [3.63, 3.8) is 0 Å². The smallest absolute Gasteiger partial charge is 0.125 e. The summed E-state index contributed by atoms with van der Waals surface area (Å²) >= 11 is 6.01. The molecule has 3 nitrogen and oxygen atoms in total. The average molecular weight is 296 g/mol. The third-order valence-electron chi connectivity index (χ3n) is 4.21. The molecule has 1 aromatic carbocycles. The van der Waals surface area contributed by atoms with Gasteiger partial charge >= 0.3 is 0 Å². The number of likely N-dealkylation sites (tertiary alicyclic amines) is 1. The van der Waals surface area contributed by atoms with E-state index in [1.807, 2.05) is 0 Å². The highest BCUT2D eigenvalue weighted by molar-refractivity contribution is 6.16. The number of aromatic nitrogens is 2. The van der Waals surface area contributed by atoms with Crippen molar-refractivity contribution in [2.75, 3.05) is 13.1 Å². The molecule has 3 rings (SSSR count). The van der Waals surface area contributed by atoms with Crippen LogP contribution in [0.2, 0.25) is 0 Å². The number of likely N-dealkylation sites (N-methyl/N-ethyl adjacent to an activating group) is 1. The van der Waals surface area contributed by atoms with Crippen LogP contribution in [0.25, 0.3) is 11.0 Å². The Balaban J connectivity index is 1.97. The Bertz CT molecular complexity index is 610. The molecule has 0 radical (unpaired) electrons. The van der Waals surface area contributed by atoms with Crippen molar-refractivity contribution in [3.05, 3.63) is 29.8 Å². The zero-order valence-corrected chi connectivity index (χ0v) is 12.4. The van der Waals surface area contributed by atoms with Crippen LogP contribution in [-0.2, 0) is 12.4 Å². The summed E-state index contributed by atoms with van der Waals surface area (Å²) < 4.78 is 15.5. The molecule has 5 heteroatoms. The zero-order valence-electron chi connectivity index (χ0n) is 11.6. The number of alkyl halides is 1. The first-order chi connectivity index (χ1) is 9.72. The molecule has 2 aromatic rings. The van der Waals surface area contributed by atoms with E-state index in [0.29, 0.717) is 17.4 Å². The summed E-state index contributed by atoms with van der Waals surface area (Å²) in [6.45, 7) is 5.32. The topological polar surface area (TPSA) is 21.1 Å². The highest BCUT2D eigenvalue weighted by Gasteiger charge is 2.24. The number of halogens is 2. The van der Waals surface area contributed by atoms with Gasteiger partial charge < -0.3 is 4.57 Å². The minimum absolute atomic E-state index is 0.251. The molecule has 0 aliphatic carbocycles. The van der Waals surface area contributed by atoms with Gasteiger partial charge in [-0.1, -0.05) is 6.92 Å². The fraction of sp³-hybridized carbons (Fsp3) is 0.533. The van der Waals surface area contributed by atoms with Crippen LogP contribution in [-0.4, -0.2) is 33.6 Å². The Morgan fingerprint density at radius 3 is 3.05 bits per heavy atom. The summed E-state index contributed by atoms with van der Waals surface area (Å²) in [5, 5.41) is 0. The highest BCUT2D eigenvalue weighted by atomic mass is 35.5. The predicted molar refractivity (Wildman–Crippen MR) is 79.5 cm³/mol. The van der Waals surface area contributed by atoms with Gasteiger partial charge in [0.1, 0.15) is 11.6 Å². The standard InChI is InChI=1S/C15H19ClFN3/c1-2-19-7-3-4-12(19)10-20-14-6-5-11(17)8-13(14)18-15(20)9-16/h5-6,8,12H,2-4,7,9-10H2,1H3. The summed E-state index contributed by atoms with van der Waals surface area (Å²) in [6.07, 6.45) is 2.45. The quantitative estimate of drug-likeness (QED) is 0.806. The van der Waals surface area contributed by atoms with Gasteiger partial charge in [0.2, 0.25) is 0 Å². The van der Waals surface area contributed by atoms with Crippen molar-refractivity contribution in [1.29, 1.82) is 0 Å². The van der Waals surface area contributed by atoms with Crippen LogP contribution < -0.4 is 0 Å². The number of hydrogen-bond acceptors (Lipinski definition) is 2. The molecule has 1 saturated heterocycles. The van der Waals surface area contributed by atoms with Gasteiger partial charge in [-0.25, -0.2) is 9.37 Å². The normalized spacial score (nSPS) is 20.1. The molecule has 1 unspecified atom stereocenters. The molecular weight excluding hydrogens is 277 g/mol. The van der Waals surface area contributed by atoms with Crippen LogP contribution in [0.15, 0.2) is 18.2 Å². The zero-order chi connectivity index (χ0) is 14.1. The molecule has 1 fully saturated rings. The fourth-order valence-corrected chi connectivity index (χ4v) is 3.39. The van der Waals surface area contributed by atoms with Gasteiger partial charge in [0.25, 0.3) is 0 Å². The summed E-state index contributed by atoms with van der Waals surface area (Å²) in [7, 11) is 0. The van der Waals surface area contributed by atoms with E-state index < -0.39 is 0 Å². The van der Waals surface area contributed by atoms with E-state index in [1.54, 1.807) is 6.07 Å². The maximum absolute atomic E-state index is 13.3. The molecule has 108 valence electrons. The van der Waals surface area contributed by atoms with Crippen LogP contribution in [0, 0.1) is 5.82 Å². The molecule has 0 saturated carbocycles. The number of hydrogen-bond donors (Lipinski definition) is 0. The lowest BCUT2D eigenvalue weighted by Crippen LogP contribution is -2.33. The second-order valence-corrected chi connectivity index (χ2v) is 5.60. The van der Waals surface area contributed by atoms with Gasteiger partial charge in [0.05, 0.1) is 16.9 Å². The minimum atomic E-state index is -0.251. The third-order valence-corrected chi connectivity index (χ3v) is 4.45. The number of rotatable bonds is 4. The summed E-state index contributed by atoms with van der Waals surface area (Å²) in [5.74, 6) is 0.935. The average Bonchev–Trinajstić information content (AvgIpc) is 3.03. The Morgan fingerprint density at radius 2 is 2.30 bits per heavy atom. The van der Waals surface area contributed by atoms with Crippen LogP contribution >= 0.6 is 11.6 Å². The molecule has 1 aromatic heterocycles. The largest absolute Gasteiger partial charge is 0.325 e. The van der Waals surface area contributed by atoms with Gasteiger partial charge in [-0.3, -0.25) is 4.90 Å². The maximum atomic E-state index is 13.3. The lowest BCUT2D eigenvalue weighted by molar-refractivity contribution is 0.245. The van der Waals surface area contributed by atoms with Gasteiger partial charge in [0.15, 0.2) is 0 Å². The molecule has 0 N–H and O–H groups in total. The first-order valence-electron chi connectivity index (χ1n) is 7.17. The second kappa shape index (κ2) is 5.70. The summed E-state index contributed by atoms with van der Waals surface area (Å²) in [4.78, 5) is 6.95. The predicted octanol–water partition coefficient (Wildman–Crippen LogP) is 3.40. The van der Waals surface area contributed by atoms with E-state index in [4.69, 9.17) is 11.6 Å². The van der Waals surface area contributed by atoms with Gasteiger partial charge in [-0.15, -0.1) is 11.6 Å². The lowest BCUT2D eigenvalue weighted by Gasteiger charge is -2.24. The van der Waals surface area contributed by atoms with Crippen molar-refractivity contribution in [2.24, 2.45) is 0 Å². The highest BCUT2D eigenvalue weighted by Crippen LogP contribution is 2.24. The van der Waals surface area contributed by atoms with Crippen LogP contribution in [0.1, 0.15) is 25.6 Å². The fourth-order valence-electron chi connectivity index (χ4n) is 3.19. The molecule has 0 bridgehead atoms. The third kappa shape index (κ3) is 2.42. The molecule has 0 amide bonds. The van der Waals surface area contributed by atoms with E-state index in [0.717, 1.165) is 24.4 Å². The molecular formula is C15H19ClFN3. The second-order valence-electron chi connectivity index (χ2n) is 5.33. The Hall–Kier alpha value is -1.13. The molecule has 1 aliphatic rings. The SMILES string of the molecule is CCN1CCCC1Cn1c(CCl)nc2cc(F)ccc21. The van der Waals surface area contributed by atoms with E-state index in [9.17, 15) is 4.39 Å². The number of fused-ring (bicyclic) bond motifs is 1. The van der Waals surface area contributed by atoms with Gasteiger partial charge in [-0.05, 0) is 38.1 Å². The number of benzene rings is 1. The monoisotopic (exact) mass is 295 g/mol. The van der Waals surface area contributed by atoms with Crippen molar-refractivity contribution in [3.8, 4) is 0 Å². The Morgan fingerprint density at radius 1 is 1.45 bits per heavy atom. The van der Waals surface area contributed by atoms with E-state index >= 15 is 0 Å². The molecule has 1 atom stereocenters. The molecule has 1 aliphatic heterocycles. The van der Waals surface area contributed by atoms with Gasteiger partial charge in [-0.2, -0.15) is 0 Å². The lowest BCUT2D eigenvalue weighted by atomic mass is 10.2. The molecule has 20 heavy (non-hydrogen) atoms. The first-order valence-corrected chi connectivity index (χ1v) is 7.71. The molecule has 2 heterocycles. The van der Waals surface area contributed by atoms with Crippen molar-refractivity contribution in [1.82, 2.24) is 14.5 Å². The van der Waals surface area contributed by atoms with E-state index in [2.05, 4.69) is 21.4 Å². The van der Waals surface area contributed by atoms with E-state index in [-0.39, 0.29) is 5.82 Å². The van der Waals surface area contributed by atoms with Crippen molar-refractivity contribution >= 4 is 22.6 Å². The van der Waals surface area contributed by atoms with Crippen LogP contribution in [0.4, 0.5) is 4.39 Å². The van der Waals surface area contributed by atoms with Gasteiger partial charge in [0, 0.05) is 18.7 Å². The summed E-state index contributed by atoms with van der Waals surface area (Å²) in [6, 6.07) is 5.31. The molecule has 0 spiro atoms. The first kappa shape index (κ1) is 13.8. The van der Waals surface area contributed by atoms with Crippen molar-refractivity contribution < 1.29 is 4.39 Å². The number of imidazole rings is 1. The Kier molecular flexibility index (Phi) is 3.94. The maximum Gasteiger partial charge on any atom is 0.125 e. The van der Waals surface area contributed by atoms with Crippen LogP contribution in [0.5, 0.6) is 0 Å². The minimum Gasteiger partial charge on any atom is -0.325 e. The number of nitrogens with zero attached hydrogens (tertiary/aromatic N) is 3. The Labute approximate surface area is 123 Å². The van der Waals surface area contributed by atoms with Crippen molar-refractivity contribution in [2.45, 2.75) is 38.2 Å². The van der Waals surface area contributed by atoms with Crippen LogP contribution in [0.3, 0.4) is 0 Å². The summed E-state index contributed by atoms with van der Waals surface area (Å²) in [5.41, 5.74) is 1.67.